The van der Waals surface area contributed by atoms with Crippen molar-refractivity contribution in [3.05, 3.63) is 93.7 Å². The van der Waals surface area contributed by atoms with E-state index in [1.54, 1.807) is 12.3 Å². The van der Waals surface area contributed by atoms with Gasteiger partial charge in [0.15, 0.2) is 0 Å². The van der Waals surface area contributed by atoms with Gasteiger partial charge in [0.25, 0.3) is 5.91 Å². The van der Waals surface area contributed by atoms with E-state index in [0.29, 0.717) is 5.13 Å². The third-order valence-corrected chi connectivity index (χ3v) is 5.67. The lowest BCUT2D eigenvalue weighted by molar-refractivity contribution is 0.0987. The van der Waals surface area contributed by atoms with Crippen LogP contribution < -0.4 is 5.01 Å². The molecule has 0 saturated heterocycles. The number of aromatic nitrogens is 1. The molecule has 4 rings (SSSR count). The molecule has 1 amide bonds. The van der Waals surface area contributed by atoms with E-state index in [1.807, 2.05) is 49.4 Å². The molecule has 0 aliphatic carbocycles. The van der Waals surface area contributed by atoms with Gasteiger partial charge in [-0.1, -0.05) is 63.2 Å². The van der Waals surface area contributed by atoms with E-state index in [9.17, 15) is 9.18 Å². The van der Waals surface area contributed by atoms with Crippen LogP contribution in [0.4, 0.5) is 9.52 Å². The predicted octanol–water partition coefficient (Wildman–Crippen LogP) is 6.19. The number of fused-ring (bicyclic) bond motifs is 1. The van der Waals surface area contributed by atoms with Gasteiger partial charge in [0.1, 0.15) is 5.82 Å². The predicted molar refractivity (Wildman–Crippen MR) is 119 cm³/mol. The summed E-state index contributed by atoms with van der Waals surface area (Å²) < 4.78 is 15.5. The Balaban J connectivity index is 1.76. The summed E-state index contributed by atoms with van der Waals surface area (Å²) in [5.74, 6) is -0.933. The minimum atomic E-state index is -0.480. The number of aryl methyl sites for hydroxylation is 1. The number of carbonyl (C=O) groups is 1. The van der Waals surface area contributed by atoms with Crippen molar-refractivity contribution in [1.82, 2.24) is 4.98 Å². The number of hydrogen-bond acceptors (Lipinski definition) is 4. The molecule has 4 nitrogen and oxygen atoms in total. The highest BCUT2D eigenvalue weighted by molar-refractivity contribution is 9.10. The van der Waals surface area contributed by atoms with Gasteiger partial charge >= 0.3 is 0 Å². The van der Waals surface area contributed by atoms with Gasteiger partial charge in [-0.2, -0.15) is 10.1 Å². The van der Waals surface area contributed by atoms with Crippen molar-refractivity contribution >= 4 is 54.7 Å². The van der Waals surface area contributed by atoms with Gasteiger partial charge in [0.2, 0.25) is 5.13 Å². The summed E-state index contributed by atoms with van der Waals surface area (Å²) in [6.45, 7) is 2.00. The zero-order valence-electron chi connectivity index (χ0n) is 15.3. The second kappa shape index (κ2) is 8.23. The number of hydrazone groups is 1. The van der Waals surface area contributed by atoms with Crippen molar-refractivity contribution in [2.24, 2.45) is 5.10 Å². The molecule has 0 aliphatic heterocycles. The Morgan fingerprint density at radius 3 is 2.69 bits per heavy atom. The SMILES string of the molecule is Cc1ccc(/C=N/N(C(=O)c2cccc(F)c2)c2nc3ccc(Br)cc3s2)cc1. The molecule has 0 spiro atoms. The maximum absolute atomic E-state index is 13.7. The van der Waals surface area contributed by atoms with Gasteiger partial charge in [-0.15, -0.1) is 0 Å². The van der Waals surface area contributed by atoms with Gasteiger partial charge in [0, 0.05) is 10.0 Å². The molecule has 7 heteroatoms. The van der Waals surface area contributed by atoms with Crippen molar-refractivity contribution in [2.75, 3.05) is 5.01 Å². The third kappa shape index (κ3) is 4.41. The van der Waals surface area contributed by atoms with E-state index in [-0.39, 0.29) is 5.56 Å². The zero-order valence-corrected chi connectivity index (χ0v) is 17.7. The first-order valence-corrected chi connectivity index (χ1v) is 10.4. The first kappa shape index (κ1) is 19.4. The number of rotatable bonds is 4. The number of thiazole rings is 1. The molecule has 0 atom stereocenters. The van der Waals surface area contributed by atoms with Crippen LogP contribution in [0.3, 0.4) is 0 Å². The standard InChI is InChI=1S/C22H15BrFN3OS/c1-14-5-7-15(8-6-14)13-25-27(21(28)16-3-2-4-18(24)11-16)22-26-19-10-9-17(23)12-20(19)29-22/h2-13H,1H3/b25-13+. The smallest absolute Gasteiger partial charge is 0.267 e. The maximum atomic E-state index is 13.7. The molecule has 1 aromatic heterocycles. The molecule has 1 heterocycles. The number of nitrogens with zero attached hydrogens (tertiary/aromatic N) is 3. The van der Waals surface area contributed by atoms with Crippen LogP contribution in [0.2, 0.25) is 0 Å². The van der Waals surface area contributed by atoms with Crippen molar-refractivity contribution < 1.29 is 9.18 Å². The van der Waals surface area contributed by atoms with Gasteiger partial charge in [-0.3, -0.25) is 4.79 Å². The Labute approximate surface area is 179 Å². The Kier molecular flexibility index (Phi) is 5.51. The van der Waals surface area contributed by atoms with Crippen LogP contribution in [-0.4, -0.2) is 17.1 Å². The largest absolute Gasteiger partial charge is 0.280 e. The highest BCUT2D eigenvalue weighted by Gasteiger charge is 2.21. The summed E-state index contributed by atoms with van der Waals surface area (Å²) in [6, 6.07) is 19.0. The fourth-order valence-electron chi connectivity index (χ4n) is 2.69. The maximum Gasteiger partial charge on any atom is 0.280 e. The molecule has 144 valence electrons. The average Bonchev–Trinajstić information content (AvgIpc) is 3.12. The topological polar surface area (TPSA) is 45.6 Å². The molecule has 4 aromatic rings. The molecule has 3 aromatic carbocycles. The molecule has 0 bridgehead atoms. The van der Waals surface area contributed by atoms with Gasteiger partial charge in [-0.25, -0.2) is 9.37 Å². The minimum Gasteiger partial charge on any atom is -0.267 e. The lowest BCUT2D eigenvalue weighted by atomic mass is 10.2. The van der Waals surface area contributed by atoms with Crippen molar-refractivity contribution in [3.63, 3.8) is 0 Å². The number of anilines is 1. The number of benzene rings is 3. The molecule has 0 N–H and O–H groups in total. The summed E-state index contributed by atoms with van der Waals surface area (Å²) in [6.07, 6.45) is 1.60. The van der Waals surface area contributed by atoms with Crippen LogP contribution in [-0.2, 0) is 0 Å². The number of carbonyl (C=O) groups excluding carboxylic acids is 1. The summed E-state index contributed by atoms with van der Waals surface area (Å²) in [5, 5.41) is 6.02. The number of amides is 1. The Hall–Kier alpha value is -2.90. The summed E-state index contributed by atoms with van der Waals surface area (Å²) in [4.78, 5) is 17.7. The summed E-state index contributed by atoms with van der Waals surface area (Å²) in [7, 11) is 0. The van der Waals surface area contributed by atoms with Gasteiger partial charge in [-0.05, 0) is 48.9 Å². The van der Waals surface area contributed by atoms with Crippen molar-refractivity contribution in [2.45, 2.75) is 6.92 Å². The molecule has 0 aliphatic rings. The van der Waals surface area contributed by atoms with Gasteiger partial charge in [0.05, 0.1) is 16.4 Å². The third-order valence-electron chi connectivity index (χ3n) is 4.18. The fourth-order valence-corrected chi connectivity index (χ4v) is 4.16. The van der Waals surface area contributed by atoms with E-state index in [4.69, 9.17) is 0 Å². The monoisotopic (exact) mass is 467 g/mol. The molecular weight excluding hydrogens is 453 g/mol. The van der Waals surface area contributed by atoms with Crippen LogP contribution in [0.25, 0.3) is 10.2 Å². The van der Waals surface area contributed by atoms with Crippen LogP contribution in [0.15, 0.2) is 76.3 Å². The fraction of sp³-hybridized carbons (Fsp3) is 0.0455. The van der Waals surface area contributed by atoms with Crippen molar-refractivity contribution in [1.29, 1.82) is 0 Å². The van der Waals surface area contributed by atoms with Crippen LogP contribution in [0, 0.1) is 12.7 Å². The normalized spacial score (nSPS) is 11.3. The van der Waals surface area contributed by atoms with Crippen LogP contribution in [0.1, 0.15) is 21.5 Å². The second-order valence-corrected chi connectivity index (χ2v) is 8.32. The Bertz CT molecular complexity index is 1220. The second-order valence-electron chi connectivity index (χ2n) is 6.39. The lowest BCUT2D eigenvalue weighted by Crippen LogP contribution is -2.25. The highest BCUT2D eigenvalue weighted by atomic mass is 79.9. The van der Waals surface area contributed by atoms with Crippen LogP contribution >= 0.6 is 27.3 Å². The van der Waals surface area contributed by atoms with E-state index in [1.165, 1.54) is 34.5 Å². The zero-order chi connectivity index (χ0) is 20.4. The first-order chi connectivity index (χ1) is 14.0. The quantitative estimate of drug-likeness (QED) is 0.265. The molecule has 0 radical (unpaired) electrons. The Morgan fingerprint density at radius 2 is 1.93 bits per heavy atom. The lowest BCUT2D eigenvalue weighted by Gasteiger charge is -2.14. The summed E-state index contributed by atoms with van der Waals surface area (Å²) >= 11 is 4.79. The minimum absolute atomic E-state index is 0.200. The Morgan fingerprint density at radius 1 is 1.14 bits per heavy atom. The molecule has 29 heavy (non-hydrogen) atoms. The molecule has 0 saturated carbocycles. The van der Waals surface area contributed by atoms with Crippen LogP contribution in [0.5, 0.6) is 0 Å². The molecule has 0 fully saturated rings. The van der Waals surface area contributed by atoms with E-state index < -0.39 is 11.7 Å². The molecule has 0 unspecified atom stereocenters. The molecular formula is C22H15BrFN3OS. The first-order valence-electron chi connectivity index (χ1n) is 8.76. The van der Waals surface area contributed by atoms with E-state index in [2.05, 4.69) is 26.0 Å². The highest BCUT2D eigenvalue weighted by Crippen LogP contribution is 2.32. The van der Waals surface area contributed by atoms with E-state index >= 15 is 0 Å². The van der Waals surface area contributed by atoms with E-state index in [0.717, 1.165) is 25.8 Å². The summed E-state index contributed by atoms with van der Waals surface area (Å²) in [5.41, 5.74) is 2.94. The number of halogens is 2. The number of hydrogen-bond donors (Lipinski definition) is 0. The van der Waals surface area contributed by atoms with Crippen molar-refractivity contribution in [3.8, 4) is 0 Å². The average molecular weight is 468 g/mol. The van der Waals surface area contributed by atoms with Gasteiger partial charge < -0.3 is 0 Å².